The Kier molecular flexibility index (Phi) is 5.46. The Bertz CT molecular complexity index is 908. The Morgan fingerprint density at radius 2 is 2.15 bits per heavy atom. The van der Waals surface area contributed by atoms with E-state index in [1.807, 2.05) is 30.5 Å². The van der Waals surface area contributed by atoms with E-state index in [0.29, 0.717) is 17.9 Å². The van der Waals surface area contributed by atoms with Crippen molar-refractivity contribution < 1.29 is 13.6 Å². The number of benzene rings is 1. The molecule has 0 aliphatic heterocycles. The minimum absolute atomic E-state index is 0.152. The van der Waals surface area contributed by atoms with Crippen molar-refractivity contribution >= 4 is 27.5 Å². The summed E-state index contributed by atoms with van der Waals surface area (Å²) >= 11 is 3.09. The lowest BCUT2D eigenvalue weighted by Gasteiger charge is -2.09. The summed E-state index contributed by atoms with van der Waals surface area (Å²) in [6, 6.07) is 9.21. The minimum Gasteiger partial charge on any atom is -0.324 e. The van der Waals surface area contributed by atoms with Crippen LogP contribution in [0.3, 0.4) is 0 Å². The molecule has 3 rings (SSSR count). The molecule has 2 heterocycles. The van der Waals surface area contributed by atoms with Crippen LogP contribution in [0.25, 0.3) is 0 Å². The normalized spacial score (nSPS) is 11.1. The average molecular weight is 424 g/mol. The van der Waals surface area contributed by atoms with Crippen molar-refractivity contribution in [1.82, 2.24) is 19.6 Å². The third-order valence-electron chi connectivity index (χ3n) is 3.77. The number of halogens is 3. The van der Waals surface area contributed by atoms with Crippen LogP contribution in [0.5, 0.6) is 0 Å². The molecule has 0 atom stereocenters. The molecule has 9 heteroatoms. The van der Waals surface area contributed by atoms with Crippen molar-refractivity contribution in [1.29, 1.82) is 0 Å². The average Bonchev–Trinajstić information content (AvgIpc) is 3.19. The smallest absolute Gasteiger partial charge is 0.283 e. The summed E-state index contributed by atoms with van der Waals surface area (Å²) in [5.41, 5.74) is 1.71. The molecule has 0 aliphatic carbocycles. The van der Waals surface area contributed by atoms with E-state index in [2.05, 4.69) is 31.4 Å². The highest BCUT2D eigenvalue weighted by Crippen LogP contribution is 2.28. The van der Waals surface area contributed by atoms with E-state index in [1.165, 1.54) is 4.68 Å². The van der Waals surface area contributed by atoms with E-state index >= 15 is 0 Å². The molecular formula is C17H16BrF2N5O. The number of carbonyl (C=O) groups is 1. The lowest BCUT2D eigenvalue weighted by atomic mass is 10.2. The van der Waals surface area contributed by atoms with Crippen LogP contribution in [0.4, 0.5) is 14.5 Å². The van der Waals surface area contributed by atoms with E-state index in [4.69, 9.17) is 0 Å². The molecule has 2 aromatic heterocycles. The van der Waals surface area contributed by atoms with E-state index in [0.717, 1.165) is 5.56 Å². The Balaban J connectivity index is 1.68. The van der Waals surface area contributed by atoms with Crippen LogP contribution in [0.1, 0.15) is 23.4 Å². The Morgan fingerprint density at radius 3 is 2.81 bits per heavy atom. The van der Waals surface area contributed by atoms with Gasteiger partial charge < -0.3 is 5.32 Å². The lowest BCUT2D eigenvalue weighted by Crippen LogP contribution is -2.20. The van der Waals surface area contributed by atoms with Gasteiger partial charge in [-0.3, -0.25) is 14.2 Å². The lowest BCUT2D eigenvalue weighted by molar-refractivity contribution is -0.117. The van der Waals surface area contributed by atoms with Gasteiger partial charge in [-0.25, -0.2) is 8.78 Å². The van der Waals surface area contributed by atoms with Gasteiger partial charge in [0.05, 0.1) is 16.7 Å². The molecular weight excluding hydrogens is 408 g/mol. The van der Waals surface area contributed by atoms with Gasteiger partial charge in [0.1, 0.15) is 12.2 Å². The van der Waals surface area contributed by atoms with E-state index in [1.54, 1.807) is 23.9 Å². The van der Waals surface area contributed by atoms with Gasteiger partial charge in [0.2, 0.25) is 5.91 Å². The van der Waals surface area contributed by atoms with Crippen LogP contribution in [-0.2, 0) is 17.9 Å². The molecule has 0 aliphatic rings. The number of alkyl halides is 2. The topological polar surface area (TPSA) is 64.7 Å². The SMILES string of the molecule is Cc1c(Br)c(C(F)F)nn1CC(=O)Nc1cccc(Cn2cccn2)c1. The fourth-order valence-electron chi connectivity index (χ4n) is 2.51. The maximum absolute atomic E-state index is 12.9. The number of amides is 1. The molecule has 0 fully saturated rings. The Labute approximate surface area is 156 Å². The number of nitrogens with zero attached hydrogens (tertiary/aromatic N) is 4. The van der Waals surface area contributed by atoms with Crippen molar-refractivity contribution in [3.63, 3.8) is 0 Å². The van der Waals surface area contributed by atoms with Crippen molar-refractivity contribution in [3.05, 3.63) is 64.1 Å². The number of hydrogen-bond donors (Lipinski definition) is 1. The van der Waals surface area contributed by atoms with Gasteiger partial charge in [0.15, 0.2) is 0 Å². The van der Waals surface area contributed by atoms with Gasteiger partial charge in [-0.1, -0.05) is 12.1 Å². The van der Waals surface area contributed by atoms with E-state index in [9.17, 15) is 13.6 Å². The fraction of sp³-hybridized carbons (Fsp3) is 0.235. The fourth-order valence-corrected chi connectivity index (χ4v) is 2.96. The number of rotatable bonds is 6. The van der Waals surface area contributed by atoms with Crippen LogP contribution in [-0.4, -0.2) is 25.5 Å². The van der Waals surface area contributed by atoms with Crippen molar-refractivity contribution in [2.45, 2.75) is 26.4 Å². The van der Waals surface area contributed by atoms with Crippen LogP contribution >= 0.6 is 15.9 Å². The number of anilines is 1. The van der Waals surface area contributed by atoms with Gasteiger partial charge in [-0.2, -0.15) is 10.2 Å². The molecule has 3 aromatic rings. The summed E-state index contributed by atoms with van der Waals surface area (Å²) in [7, 11) is 0. The maximum Gasteiger partial charge on any atom is 0.283 e. The predicted molar refractivity (Wildman–Crippen MR) is 96.0 cm³/mol. The van der Waals surface area contributed by atoms with Crippen molar-refractivity contribution in [3.8, 4) is 0 Å². The Hall–Kier alpha value is -2.55. The van der Waals surface area contributed by atoms with Gasteiger partial charge in [0, 0.05) is 18.1 Å². The Morgan fingerprint density at radius 1 is 1.35 bits per heavy atom. The number of carbonyl (C=O) groups excluding carboxylic acids is 1. The monoisotopic (exact) mass is 423 g/mol. The molecule has 6 nitrogen and oxygen atoms in total. The zero-order chi connectivity index (χ0) is 18.7. The molecule has 0 saturated carbocycles. The zero-order valence-corrected chi connectivity index (χ0v) is 15.5. The second kappa shape index (κ2) is 7.77. The molecule has 0 radical (unpaired) electrons. The maximum atomic E-state index is 12.9. The molecule has 0 unspecified atom stereocenters. The van der Waals surface area contributed by atoms with Crippen LogP contribution < -0.4 is 5.32 Å². The summed E-state index contributed by atoms with van der Waals surface area (Å²) in [5, 5.41) is 10.7. The van der Waals surface area contributed by atoms with Crippen LogP contribution in [0.15, 0.2) is 47.2 Å². The molecule has 0 bridgehead atoms. The van der Waals surface area contributed by atoms with Crippen molar-refractivity contribution in [2.24, 2.45) is 0 Å². The first-order chi connectivity index (χ1) is 12.4. The number of hydrogen-bond acceptors (Lipinski definition) is 3. The molecule has 0 spiro atoms. The zero-order valence-electron chi connectivity index (χ0n) is 13.9. The first-order valence-electron chi connectivity index (χ1n) is 7.81. The first-order valence-corrected chi connectivity index (χ1v) is 8.60. The minimum atomic E-state index is -2.70. The quantitative estimate of drug-likeness (QED) is 0.655. The summed E-state index contributed by atoms with van der Waals surface area (Å²) in [5.74, 6) is -0.347. The second-order valence-corrected chi connectivity index (χ2v) is 6.49. The third kappa shape index (κ3) is 4.16. The van der Waals surface area contributed by atoms with Gasteiger partial charge in [0.25, 0.3) is 6.43 Å². The largest absolute Gasteiger partial charge is 0.324 e. The number of aromatic nitrogens is 4. The molecule has 1 amide bonds. The van der Waals surface area contributed by atoms with Crippen molar-refractivity contribution in [2.75, 3.05) is 5.32 Å². The molecule has 1 N–H and O–H groups in total. The molecule has 26 heavy (non-hydrogen) atoms. The van der Waals surface area contributed by atoms with E-state index in [-0.39, 0.29) is 22.6 Å². The molecule has 0 saturated heterocycles. The van der Waals surface area contributed by atoms with Gasteiger partial charge in [-0.15, -0.1) is 0 Å². The summed E-state index contributed by atoms with van der Waals surface area (Å²) in [6.07, 6.45) is 0.847. The summed E-state index contributed by atoms with van der Waals surface area (Å²) in [4.78, 5) is 12.3. The highest BCUT2D eigenvalue weighted by Gasteiger charge is 2.21. The molecule has 1 aromatic carbocycles. The van der Waals surface area contributed by atoms with Crippen LogP contribution in [0, 0.1) is 6.92 Å². The number of nitrogens with one attached hydrogen (secondary N) is 1. The van der Waals surface area contributed by atoms with E-state index < -0.39 is 6.43 Å². The van der Waals surface area contributed by atoms with Gasteiger partial charge in [-0.05, 0) is 46.6 Å². The van der Waals surface area contributed by atoms with Crippen LogP contribution in [0.2, 0.25) is 0 Å². The second-order valence-electron chi connectivity index (χ2n) is 5.70. The summed E-state index contributed by atoms with van der Waals surface area (Å²) in [6.45, 7) is 2.06. The first kappa shape index (κ1) is 18.2. The third-order valence-corrected chi connectivity index (χ3v) is 4.75. The predicted octanol–water partition coefficient (Wildman–Crippen LogP) is 3.78. The molecule has 136 valence electrons. The highest BCUT2D eigenvalue weighted by atomic mass is 79.9. The van der Waals surface area contributed by atoms with Gasteiger partial charge >= 0.3 is 0 Å². The standard InChI is InChI=1S/C17H16BrF2N5O/c1-11-15(18)16(17(19)20)23-25(11)10-14(26)22-13-5-2-4-12(8-13)9-24-7-3-6-21-24/h2-8,17H,9-10H2,1H3,(H,22,26). The highest BCUT2D eigenvalue weighted by molar-refractivity contribution is 9.10. The summed E-state index contributed by atoms with van der Waals surface area (Å²) < 4.78 is 29.0.